The van der Waals surface area contributed by atoms with Crippen LogP contribution in [0.2, 0.25) is 0 Å². The quantitative estimate of drug-likeness (QED) is 0.235. The van der Waals surface area contributed by atoms with Gasteiger partial charge in [-0.2, -0.15) is 0 Å². The number of aromatic carboxylic acids is 1. The number of hydrogen-bond acceptors (Lipinski definition) is 3. The van der Waals surface area contributed by atoms with Gasteiger partial charge in [0.1, 0.15) is 5.69 Å². The Labute approximate surface area is 203 Å². The third-order valence-corrected chi connectivity index (χ3v) is 5.28. The second-order valence-electron chi connectivity index (χ2n) is 7.24. The zero-order valence-corrected chi connectivity index (χ0v) is 19.5. The molecule has 33 heavy (non-hydrogen) atoms. The van der Waals surface area contributed by atoms with Gasteiger partial charge >= 0.3 is 5.97 Å². The molecule has 6 rings (SSSR count). The topological polar surface area (TPSA) is 63.1 Å². The zero-order chi connectivity index (χ0) is 22.1. The van der Waals surface area contributed by atoms with Crippen LogP contribution in [0.4, 0.5) is 4.39 Å². The first-order chi connectivity index (χ1) is 15.6. The number of carboxylic acid groups (broad SMARTS) is 1. The second-order valence-corrected chi connectivity index (χ2v) is 7.24. The molecule has 1 aliphatic carbocycles. The van der Waals surface area contributed by atoms with Crippen molar-refractivity contribution >= 4 is 16.9 Å². The van der Waals surface area contributed by atoms with E-state index in [1.54, 1.807) is 18.2 Å². The maximum atomic E-state index is 13.2. The zero-order valence-electron chi connectivity index (χ0n) is 17.1. The number of rotatable bonds is 2. The van der Waals surface area contributed by atoms with Gasteiger partial charge in [0.05, 0.1) is 5.52 Å². The van der Waals surface area contributed by atoms with Gasteiger partial charge in [-0.25, -0.2) is 9.78 Å². The van der Waals surface area contributed by atoms with Gasteiger partial charge in [0.15, 0.2) is 0 Å². The summed E-state index contributed by atoms with van der Waals surface area (Å²) in [5, 5.41) is 9.52. The number of nitrogens with zero attached hydrogens (tertiary/aromatic N) is 2. The van der Waals surface area contributed by atoms with Crippen molar-refractivity contribution in [1.82, 2.24) is 9.97 Å². The van der Waals surface area contributed by atoms with Gasteiger partial charge in [-0.1, -0.05) is 48.5 Å². The van der Waals surface area contributed by atoms with E-state index in [4.69, 9.17) is 10.1 Å². The molecule has 2 aromatic heterocycles. The molecule has 0 bridgehead atoms. The van der Waals surface area contributed by atoms with Gasteiger partial charge in [-0.05, 0) is 46.1 Å². The van der Waals surface area contributed by atoms with Crippen LogP contribution in [0.25, 0.3) is 44.4 Å². The van der Waals surface area contributed by atoms with E-state index >= 15 is 0 Å². The molecule has 0 atom stereocenters. The summed E-state index contributed by atoms with van der Waals surface area (Å²) in [5.41, 5.74) is 7.56. The average Bonchev–Trinajstić information content (AvgIpc) is 3.16. The smallest absolute Gasteiger partial charge is 0.354 e. The van der Waals surface area contributed by atoms with Crippen molar-refractivity contribution in [3.63, 3.8) is 0 Å². The fraction of sp³-hybridized carbons (Fsp3) is 0. The SMILES string of the molecule is Fc1c[c-]c(-c2cc3c4c(cccc4n2)-c2ccccc2-3)cc1.O=C(O)c1ccccn1.[Ir]. The number of carbonyl (C=O) groups is 1. The molecule has 6 heteroatoms. The van der Waals surface area contributed by atoms with Crippen molar-refractivity contribution in [3.8, 4) is 33.5 Å². The Morgan fingerprint density at radius 2 is 1.58 bits per heavy atom. The molecule has 1 aliphatic rings. The summed E-state index contributed by atoms with van der Waals surface area (Å²) in [6.45, 7) is 0. The summed E-state index contributed by atoms with van der Waals surface area (Å²) >= 11 is 0. The second kappa shape index (κ2) is 9.41. The minimum Gasteiger partial charge on any atom is -0.477 e. The first-order valence-corrected chi connectivity index (χ1v) is 9.97. The van der Waals surface area contributed by atoms with Crippen molar-refractivity contribution in [2.75, 3.05) is 0 Å². The van der Waals surface area contributed by atoms with Crippen LogP contribution in [0.3, 0.4) is 0 Å². The molecule has 4 nitrogen and oxygen atoms in total. The molecule has 3 aromatic carbocycles. The number of pyridine rings is 2. The predicted octanol–water partition coefficient (Wildman–Crippen LogP) is 6.27. The van der Waals surface area contributed by atoms with Gasteiger partial charge in [0, 0.05) is 37.5 Å². The van der Waals surface area contributed by atoms with Crippen LogP contribution >= 0.6 is 0 Å². The molecule has 0 saturated carbocycles. The monoisotopic (exact) mass is 612 g/mol. The molecule has 0 aliphatic heterocycles. The molecule has 1 radical (unpaired) electrons. The molecule has 1 N–H and O–H groups in total. The van der Waals surface area contributed by atoms with E-state index in [-0.39, 0.29) is 31.6 Å². The number of halogens is 1. The molecular formula is C27H16FIrN2O2-. The average molecular weight is 612 g/mol. The Balaban J connectivity index is 0.000000221. The van der Waals surface area contributed by atoms with Crippen LogP contribution in [0.15, 0.2) is 91.1 Å². The molecule has 0 unspecified atom stereocenters. The van der Waals surface area contributed by atoms with Gasteiger partial charge in [-0.15, -0.1) is 29.8 Å². The van der Waals surface area contributed by atoms with Crippen molar-refractivity contribution in [2.24, 2.45) is 0 Å². The molecule has 0 fully saturated rings. The molecule has 0 amide bonds. The Morgan fingerprint density at radius 3 is 2.21 bits per heavy atom. The third kappa shape index (κ3) is 4.31. The van der Waals surface area contributed by atoms with E-state index < -0.39 is 5.97 Å². The summed E-state index contributed by atoms with van der Waals surface area (Å²) in [5.74, 6) is -1.28. The maximum Gasteiger partial charge on any atom is 0.354 e. The fourth-order valence-corrected chi connectivity index (χ4v) is 3.87. The van der Waals surface area contributed by atoms with Crippen molar-refractivity contribution in [1.29, 1.82) is 0 Å². The van der Waals surface area contributed by atoms with Crippen molar-refractivity contribution in [3.05, 3.63) is 109 Å². The van der Waals surface area contributed by atoms with Gasteiger partial charge < -0.3 is 5.11 Å². The maximum absolute atomic E-state index is 13.2. The van der Waals surface area contributed by atoms with Crippen LogP contribution in [0.5, 0.6) is 0 Å². The van der Waals surface area contributed by atoms with E-state index in [1.807, 2.05) is 12.1 Å². The third-order valence-electron chi connectivity index (χ3n) is 5.28. The molecule has 5 aromatic rings. The molecule has 163 valence electrons. The van der Waals surface area contributed by atoms with E-state index in [1.165, 1.54) is 52.0 Å². The van der Waals surface area contributed by atoms with Crippen LogP contribution in [-0.4, -0.2) is 21.0 Å². The van der Waals surface area contributed by atoms with Gasteiger partial charge in [0.2, 0.25) is 0 Å². The van der Waals surface area contributed by atoms with Crippen LogP contribution in [-0.2, 0) is 20.1 Å². The first-order valence-electron chi connectivity index (χ1n) is 9.97. The Bertz CT molecular complexity index is 1450. The standard InChI is InChI=1S/C21H11FN.C6H5NO2.Ir/c22-14-10-8-13(9-11-14)20-12-18-16-5-2-1-4-15(16)17-6-3-7-19(23-20)21(17)18;8-6(9)5-3-1-2-4-7-5;/h1-8,10-12H;1-4H,(H,8,9);/q-1;;. The van der Waals surface area contributed by atoms with E-state index in [2.05, 4.69) is 47.4 Å². The van der Waals surface area contributed by atoms with Crippen LogP contribution in [0.1, 0.15) is 10.5 Å². The van der Waals surface area contributed by atoms with Crippen molar-refractivity contribution in [2.45, 2.75) is 0 Å². The Hall–Kier alpha value is -3.73. The summed E-state index contributed by atoms with van der Waals surface area (Å²) in [6, 6.07) is 28.9. The van der Waals surface area contributed by atoms with E-state index in [9.17, 15) is 9.18 Å². The predicted molar refractivity (Wildman–Crippen MR) is 122 cm³/mol. The summed E-state index contributed by atoms with van der Waals surface area (Å²) in [4.78, 5) is 18.5. The summed E-state index contributed by atoms with van der Waals surface area (Å²) in [7, 11) is 0. The largest absolute Gasteiger partial charge is 0.477 e. The van der Waals surface area contributed by atoms with Crippen LogP contribution in [0, 0.1) is 11.9 Å². The molecule has 0 saturated heterocycles. The summed E-state index contributed by atoms with van der Waals surface area (Å²) < 4.78 is 13.2. The number of fused-ring (bicyclic) bond motifs is 3. The number of carboxylic acids is 1. The van der Waals surface area contributed by atoms with E-state index in [0.717, 1.165) is 16.8 Å². The minimum atomic E-state index is -0.990. The molecular weight excluding hydrogens is 596 g/mol. The summed E-state index contributed by atoms with van der Waals surface area (Å²) in [6.07, 6.45) is 1.45. The first kappa shape index (κ1) is 22.5. The normalized spacial score (nSPS) is 10.6. The Morgan fingerprint density at radius 1 is 0.848 bits per heavy atom. The van der Waals surface area contributed by atoms with Gasteiger partial charge in [-0.3, -0.25) is 9.37 Å². The van der Waals surface area contributed by atoms with E-state index in [0.29, 0.717) is 0 Å². The van der Waals surface area contributed by atoms with Gasteiger partial charge in [0.25, 0.3) is 0 Å². The minimum absolute atomic E-state index is 0. The van der Waals surface area contributed by atoms with Crippen molar-refractivity contribution < 1.29 is 34.4 Å². The number of benzene rings is 3. The molecule has 2 heterocycles. The number of hydrogen-bond donors (Lipinski definition) is 1. The Kier molecular flexibility index (Phi) is 6.40. The molecule has 0 spiro atoms. The fourth-order valence-electron chi connectivity index (χ4n) is 3.87. The van der Waals surface area contributed by atoms with Crippen LogP contribution < -0.4 is 0 Å². The number of aromatic nitrogens is 2.